The maximum Gasteiger partial charge on any atom is 3.00 e. The molecule has 0 atom stereocenters. The van der Waals surface area contributed by atoms with E-state index < -0.39 is 0 Å². The molecule has 0 saturated heterocycles. The van der Waals surface area contributed by atoms with Crippen LogP contribution >= 0.6 is 0 Å². The van der Waals surface area contributed by atoms with E-state index >= 15 is 0 Å². The molecule has 8 aromatic carbocycles. The van der Waals surface area contributed by atoms with Gasteiger partial charge in [-0.05, 0) is 39.8 Å². The quantitative estimate of drug-likeness (QED) is 0.0951. The van der Waals surface area contributed by atoms with E-state index in [-0.39, 0.29) is 17.1 Å². The monoisotopic (exact) mass is 811 g/mol. The van der Waals surface area contributed by atoms with Crippen LogP contribution in [0.15, 0.2) is 188 Å². The first-order valence-corrected chi connectivity index (χ1v) is 19.5. The second-order valence-electron chi connectivity index (χ2n) is 14.4. The van der Waals surface area contributed by atoms with Crippen molar-refractivity contribution in [2.24, 2.45) is 0 Å². The molecular weight excluding hydrogens is 776 g/mol. The summed E-state index contributed by atoms with van der Waals surface area (Å²) in [5.41, 5.74) is 10.0. The zero-order valence-electron chi connectivity index (χ0n) is 32.5. The normalized spacial score (nSPS) is 11.0. The van der Waals surface area contributed by atoms with Gasteiger partial charge in [0.1, 0.15) is 0 Å². The molecule has 0 aliphatic carbocycles. The van der Waals surface area contributed by atoms with Gasteiger partial charge in [0.05, 0.1) is 16.6 Å². The molecule has 1 radical (unpaired) electrons. The number of rotatable bonds is 6. The van der Waals surface area contributed by atoms with Gasteiger partial charge in [-0.25, -0.2) is 0 Å². The smallest absolute Gasteiger partial charge is 0.810 e. The van der Waals surface area contributed by atoms with Gasteiger partial charge in [0.15, 0.2) is 0 Å². The van der Waals surface area contributed by atoms with Crippen molar-refractivity contribution in [3.8, 4) is 11.1 Å². The van der Waals surface area contributed by atoms with Gasteiger partial charge < -0.3 is 16.0 Å². The number of pyridine rings is 3. The molecule has 0 aliphatic heterocycles. The Morgan fingerprint density at radius 2 is 0.733 bits per heavy atom. The van der Waals surface area contributed by atoms with Crippen LogP contribution in [-0.2, 0) is 17.1 Å². The molecule has 0 N–H and O–H groups in total. The van der Waals surface area contributed by atoms with Gasteiger partial charge in [0.25, 0.3) is 0 Å². The van der Waals surface area contributed by atoms with Crippen molar-refractivity contribution in [1.82, 2.24) is 15.0 Å². The Bertz CT molecular complexity index is 3280. The molecule has 3 aromatic heterocycles. The maximum atomic E-state index is 9.62. The molecule has 0 bridgehead atoms. The van der Waals surface area contributed by atoms with Gasteiger partial charge >= 0.3 is 17.1 Å². The second kappa shape index (κ2) is 16.4. The van der Waals surface area contributed by atoms with Gasteiger partial charge in [0.2, 0.25) is 0 Å². The summed E-state index contributed by atoms with van der Waals surface area (Å²) in [5, 5.41) is 29.9. The van der Waals surface area contributed by atoms with Crippen molar-refractivity contribution in [3.63, 3.8) is 0 Å². The molecule has 3 heterocycles. The number of benzene rings is 8. The third-order valence-corrected chi connectivity index (χ3v) is 11.0. The number of hydrogen-bond donors (Lipinski definition) is 0. The molecule has 11 rings (SSSR count). The molecule has 0 aliphatic rings. The molecule has 7 heteroatoms. The van der Waals surface area contributed by atoms with Crippen molar-refractivity contribution < 1.29 is 17.1 Å². The fraction of sp³-hybridized carbons (Fsp3) is 0.0189. The standard InChI is InChI=1S/C27H19N3.C26H16N3.Fe/c1-18-21(22-10-4-2-8-19(22)16-28)12-6-14-25(18)30-26-15-7-13-24-23-11-5-3-9-20(23)17-29-27(24)26;1-3-9-19-17(7-1)15-27-25-21(19)11-5-13-23(25)29-24-14-6-12-22-20-10-4-2-8-18(20)16-28-26(22)24;/h2-17H,1H3;1-16H;/q-2;-1;+3. The Morgan fingerprint density at radius 1 is 0.383 bits per heavy atom. The molecule has 0 unspecified atom stereocenters. The average Bonchev–Trinajstić information content (AvgIpc) is 3.30. The summed E-state index contributed by atoms with van der Waals surface area (Å²) in [6.45, 7) is 2.07. The first kappa shape index (κ1) is 38.1. The summed E-state index contributed by atoms with van der Waals surface area (Å²) in [4.78, 5) is 14.2. The summed E-state index contributed by atoms with van der Waals surface area (Å²) < 4.78 is 0. The molecular formula is C53H35FeN6. The second-order valence-corrected chi connectivity index (χ2v) is 14.4. The molecule has 0 amide bonds. The first-order chi connectivity index (χ1) is 29.1. The van der Waals surface area contributed by atoms with Gasteiger partial charge in [-0.3, -0.25) is 15.0 Å². The van der Waals surface area contributed by atoms with E-state index in [4.69, 9.17) is 25.6 Å². The third kappa shape index (κ3) is 6.96. The molecule has 6 nitrogen and oxygen atoms in total. The first-order valence-electron chi connectivity index (χ1n) is 19.5. The van der Waals surface area contributed by atoms with Crippen LogP contribution in [0.3, 0.4) is 0 Å². The maximum absolute atomic E-state index is 9.62. The molecule has 60 heavy (non-hydrogen) atoms. The minimum absolute atomic E-state index is 0. The van der Waals surface area contributed by atoms with Crippen LogP contribution in [0.5, 0.6) is 0 Å². The fourth-order valence-electron chi connectivity index (χ4n) is 8.04. The Labute approximate surface area is 358 Å². The fourth-order valence-corrected chi connectivity index (χ4v) is 8.04. The van der Waals surface area contributed by atoms with E-state index in [1.165, 1.54) is 16.2 Å². The summed E-state index contributed by atoms with van der Waals surface area (Å²) >= 11 is 0. The molecule has 0 spiro atoms. The predicted octanol–water partition coefficient (Wildman–Crippen LogP) is 15.1. The van der Waals surface area contributed by atoms with Gasteiger partial charge in [-0.15, -0.1) is 22.7 Å². The van der Waals surface area contributed by atoms with E-state index in [0.29, 0.717) is 0 Å². The van der Waals surface area contributed by atoms with Gasteiger partial charge in [-0.2, -0.15) is 6.21 Å². The minimum atomic E-state index is 0. The van der Waals surface area contributed by atoms with E-state index in [2.05, 4.69) is 85.8 Å². The number of nitrogens with zero attached hydrogens (tertiary/aromatic N) is 6. The van der Waals surface area contributed by atoms with Crippen LogP contribution < -0.4 is 0 Å². The van der Waals surface area contributed by atoms with Gasteiger partial charge in [0, 0.05) is 50.9 Å². The number of fused-ring (bicyclic) bond motifs is 9. The van der Waals surface area contributed by atoms with Gasteiger partial charge in [-0.1, -0.05) is 175 Å². The van der Waals surface area contributed by atoms with Crippen LogP contribution in [0.1, 0.15) is 11.1 Å². The van der Waals surface area contributed by atoms with Crippen molar-refractivity contribution in [1.29, 1.82) is 0 Å². The number of hydrogen-bond acceptors (Lipinski definition) is 3. The van der Waals surface area contributed by atoms with Crippen LogP contribution in [0.4, 0.5) is 22.7 Å². The predicted molar refractivity (Wildman–Crippen MR) is 248 cm³/mol. The SMILES string of the molecule is Cc1c([N-]c2cccc3c2ncc2ccccc23)cccc1-c1ccccc1C=[N-].[Fe+3].c1ccc2c(c1)cnc1c([N-]c3cccc4c3ncc3ccccc34)cccc12. The van der Waals surface area contributed by atoms with Crippen molar-refractivity contribution in [3.05, 3.63) is 216 Å². The van der Waals surface area contributed by atoms with Crippen molar-refractivity contribution >= 4 is 94.0 Å². The Kier molecular flexibility index (Phi) is 10.4. The van der Waals surface area contributed by atoms with E-state index in [0.717, 1.165) is 100 Å². The summed E-state index contributed by atoms with van der Waals surface area (Å²) in [6.07, 6.45) is 6.91. The summed E-state index contributed by atoms with van der Waals surface area (Å²) in [7, 11) is 0. The zero-order valence-corrected chi connectivity index (χ0v) is 33.6. The summed E-state index contributed by atoms with van der Waals surface area (Å²) in [5.74, 6) is 0. The van der Waals surface area contributed by atoms with Crippen LogP contribution in [-0.4, -0.2) is 21.2 Å². The largest absolute Gasteiger partial charge is 3.00 e. The van der Waals surface area contributed by atoms with Crippen molar-refractivity contribution in [2.45, 2.75) is 6.92 Å². The van der Waals surface area contributed by atoms with E-state index in [1.807, 2.05) is 110 Å². The van der Waals surface area contributed by atoms with Crippen LogP contribution in [0.25, 0.3) is 92.2 Å². The molecule has 11 aromatic rings. The summed E-state index contributed by atoms with van der Waals surface area (Å²) in [6, 6.07) is 57.3. The third-order valence-electron chi connectivity index (χ3n) is 11.0. The molecule has 285 valence electrons. The minimum Gasteiger partial charge on any atom is -0.810 e. The topological polar surface area (TPSA) is 89.2 Å². The average molecular weight is 812 g/mol. The van der Waals surface area contributed by atoms with E-state index in [1.54, 1.807) is 0 Å². The van der Waals surface area contributed by atoms with Crippen molar-refractivity contribution in [2.75, 3.05) is 0 Å². The van der Waals surface area contributed by atoms with Crippen LogP contribution in [0.2, 0.25) is 0 Å². The van der Waals surface area contributed by atoms with Crippen LogP contribution in [0, 0.1) is 6.92 Å². The Morgan fingerprint density at radius 3 is 1.20 bits per heavy atom. The van der Waals surface area contributed by atoms with E-state index in [9.17, 15) is 5.41 Å². The number of aromatic nitrogens is 3. The Balaban J connectivity index is 0.000000152. The Hall–Kier alpha value is -7.44. The zero-order chi connectivity index (χ0) is 39.7. The molecule has 0 fully saturated rings. The number of para-hydroxylation sites is 3. The molecule has 0 saturated carbocycles.